The van der Waals surface area contributed by atoms with E-state index in [9.17, 15) is 18.0 Å². The lowest BCUT2D eigenvalue weighted by Crippen LogP contribution is -2.23. The zero-order valence-electron chi connectivity index (χ0n) is 16.1. The van der Waals surface area contributed by atoms with E-state index in [0.717, 1.165) is 0 Å². The summed E-state index contributed by atoms with van der Waals surface area (Å²) in [6.45, 7) is 1.25. The van der Waals surface area contributed by atoms with Crippen LogP contribution in [0.1, 0.15) is 15.9 Å². The van der Waals surface area contributed by atoms with Gasteiger partial charge in [-0.2, -0.15) is 0 Å². The normalized spacial score (nSPS) is 11.0. The summed E-state index contributed by atoms with van der Waals surface area (Å²) >= 11 is 0. The van der Waals surface area contributed by atoms with Crippen molar-refractivity contribution in [2.75, 3.05) is 37.4 Å². The van der Waals surface area contributed by atoms with Gasteiger partial charge in [0.15, 0.2) is 6.61 Å². The van der Waals surface area contributed by atoms with Crippen molar-refractivity contribution in [3.8, 4) is 0 Å². The van der Waals surface area contributed by atoms with Gasteiger partial charge in [0.25, 0.3) is 5.91 Å². The molecule has 0 unspecified atom stereocenters. The first-order valence-electron chi connectivity index (χ1n) is 8.73. The molecule has 4 N–H and O–H groups in total. The van der Waals surface area contributed by atoms with Crippen LogP contribution in [0.2, 0.25) is 0 Å². The molecule has 0 bridgehead atoms. The molecule has 0 radical (unpaired) electrons. The number of aryl methyl sites for hydroxylation is 1. The van der Waals surface area contributed by atoms with E-state index in [1.165, 1.54) is 19.2 Å². The Morgan fingerprint density at radius 3 is 2.55 bits per heavy atom. The molecule has 0 aromatic heterocycles. The van der Waals surface area contributed by atoms with E-state index in [1.54, 1.807) is 37.3 Å². The summed E-state index contributed by atoms with van der Waals surface area (Å²) in [7, 11) is -2.37. The number of anilines is 2. The van der Waals surface area contributed by atoms with E-state index in [-0.39, 0.29) is 29.3 Å². The van der Waals surface area contributed by atoms with Crippen LogP contribution in [0.4, 0.5) is 11.4 Å². The van der Waals surface area contributed by atoms with E-state index in [0.29, 0.717) is 11.3 Å². The molecule has 156 valence electrons. The van der Waals surface area contributed by atoms with Crippen LogP contribution in [0, 0.1) is 6.92 Å². The van der Waals surface area contributed by atoms with Gasteiger partial charge in [0, 0.05) is 17.9 Å². The number of benzene rings is 2. The van der Waals surface area contributed by atoms with E-state index in [1.807, 2.05) is 0 Å². The van der Waals surface area contributed by atoms with Crippen molar-refractivity contribution >= 4 is 33.3 Å². The number of aliphatic hydroxyl groups excluding tert-OH is 1. The molecule has 9 nitrogen and oxygen atoms in total. The second kappa shape index (κ2) is 10.0. The van der Waals surface area contributed by atoms with Crippen LogP contribution >= 0.6 is 0 Å². The van der Waals surface area contributed by atoms with Gasteiger partial charge in [-0.3, -0.25) is 4.79 Å². The van der Waals surface area contributed by atoms with E-state index in [2.05, 4.69) is 15.4 Å². The van der Waals surface area contributed by atoms with Crippen molar-refractivity contribution < 1.29 is 27.9 Å². The van der Waals surface area contributed by atoms with E-state index >= 15 is 0 Å². The average Bonchev–Trinajstić information content (AvgIpc) is 2.72. The summed E-state index contributed by atoms with van der Waals surface area (Å²) in [6.07, 6.45) is 0. The third-order valence-corrected chi connectivity index (χ3v) is 5.50. The Labute approximate surface area is 169 Å². The lowest BCUT2D eigenvalue weighted by atomic mass is 10.2. The van der Waals surface area contributed by atoms with Gasteiger partial charge in [-0.15, -0.1) is 0 Å². The molecule has 0 aliphatic rings. The number of hydrogen-bond acceptors (Lipinski definition) is 7. The third kappa shape index (κ3) is 6.01. The molecular formula is C19H23N3O6S. The summed E-state index contributed by atoms with van der Waals surface area (Å²) in [5, 5.41) is 14.3. The minimum atomic E-state index is -3.67. The Morgan fingerprint density at radius 1 is 1.14 bits per heavy atom. The summed E-state index contributed by atoms with van der Waals surface area (Å²) in [4.78, 5) is 24.4. The van der Waals surface area contributed by atoms with Crippen molar-refractivity contribution in [3.63, 3.8) is 0 Å². The molecule has 0 spiro atoms. The maximum Gasteiger partial charge on any atom is 0.340 e. The van der Waals surface area contributed by atoms with Gasteiger partial charge in [0.05, 0.1) is 17.1 Å². The highest BCUT2D eigenvalue weighted by molar-refractivity contribution is 7.89. The minimum Gasteiger partial charge on any atom is -0.452 e. The van der Waals surface area contributed by atoms with Crippen molar-refractivity contribution in [3.05, 3.63) is 53.6 Å². The van der Waals surface area contributed by atoms with Gasteiger partial charge in [-0.05, 0) is 43.8 Å². The molecule has 10 heteroatoms. The molecule has 2 aromatic rings. The Kier molecular flexibility index (Phi) is 7.71. The predicted octanol–water partition coefficient (Wildman–Crippen LogP) is 1.10. The molecule has 0 saturated carbocycles. The number of hydrogen-bond donors (Lipinski definition) is 4. The van der Waals surface area contributed by atoms with Crippen molar-refractivity contribution in [2.24, 2.45) is 0 Å². The maximum atomic E-state index is 12.3. The number of sulfonamides is 1. The molecular weight excluding hydrogens is 398 g/mol. The average molecular weight is 421 g/mol. The second-order valence-corrected chi connectivity index (χ2v) is 7.86. The van der Waals surface area contributed by atoms with Crippen molar-refractivity contribution in [1.29, 1.82) is 0 Å². The molecule has 29 heavy (non-hydrogen) atoms. The fraction of sp³-hybridized carbons (Fsp3) is 0.263. The van der Waals surface area contributed by atoms with Gasteiger partial charge in [0.1, 0.15) is 0 Å². The molecule has 0 heterocycles. The van der Waals surface area contributed by atoms with Gasteiger partial charge in [0.2, 0.25) is 10.0 Å². The van der Waals surface area contributed by atoms with Crippen LogP contribution < -0.4 is 15.4 Å². The number of para-hydroxylation sites is 1. The zero-order valence-corrected chi connectivity index (χ0v) is 16.9. The minimum absolute atomic E-state index is 0.0404. The molecule has 0 fully saturated rings. The Balaban J connectivity index is 2.02. The summed E-state index contributed by atoms with van der Waals surface area (Å²) in [5.74, 6) is -1.32. The van der Waals surface area contributed by atoms with Crippen LogP contribution in [0.25, 0.3) is 0 Å². The fourth-order valence-corrected chi connectivity index (χ4v) is 3.48. The van der Waals surface area contributed by atoms with Gasteiger partial charge in [-0.25, -0.2) is 17.9 Å². The van der Waals surface area contributed by atoms with Crippen molar-refractivity contribution in [2.45, 2.75) is 11.8 Å². The van der Waals surface area contributed by atoms with E-state index < -0.39 is 28.5 Å². The second-order valence-electron chi connectivity index (χ2n) is 6.01. The Morgan fingerprint density at radius 2 is 1.86 bits per heavy atom. The zero-order chi connectivity index (χ0) is 21.4. The molecule has 2 aromatic carbocycles. The molecule has 0 aliphatic carbocycles. The third-order valence-electron chi connectivity index (χ3n) is 3.94. The van der Waals surface area contributed by atoms with Crippen LogP contribution in [-0.2, 0) is 19.6 Å². The van der Waals surface area contributed by atoms with Crippen LogP contribution in [0.15, 0.2) is 47.4 Å². The molecule has 0 saturated heterocycles. The smallest absolute Gasteiger partial charge is 0.340 e. The topological polar surface area (TPSA) is 134 Å². The molecule has 0 atom stereocenters. The highest BCUT2D eigenvalue weighted by Crippen LogP contribution is 2.20. The number of aliphatic hydroxyl groups is 1. The Bertz CT molecular complexity index is 991. The van der Waals surface area contributed by atoms with Crippen LogP contribution in [0.3, 0.4) is 0 Å². The largest absolute Gasteiger partial charge is 0.452 e. The SMILES string of the molecule is CNS(=O)(=O)c1cc(NC(=O)COC(=O)c2ccccc2NCCO)ccc1C. The number of amides is 1. The standard InChI is InChI=1S/C19H23N3O6S/c1-13-7-8-14(11-17(13)29(26,27)20-2)22-18(24)12-28-19(25)15-5-3-4-6-16(15)21-9-10-23/h3-8,11,20-21,23H,9-10,12H2,1-2H3,(H,22,24). The summed E-state index contributed by atoms with van der Waals surface area (Å²) < 4.78 is 31.3. The summed E-state index contributed by atoms with van der Waals surface area (Å²) in [5.41, 5.74) is 1.49. The summed E-state index contributed by atoms with van der Waals surface area (Å²) in [6, 6.07) is 11.0. The number of nitrogens with one attached hydrogen (secondary N) is 3. The number of carbonyl (C=O) groups is 2. The van der Waals surface area contributed by atoms with Gasteiger partial charge in [-0.1, -0.05) is 18.2 Å². The van der Waals surface area contributed by atoms with Crippen molar-refractivity contribution in [1.82, 2.24) is 4.72 Å². The molecule has 0 aliphatic heterocycles. The highest BCUT2D eigenvalue weighted by atomic mass is 32.2. The molecule has 1 amide bonds. The number of esters is 1. The first kappa shape index (κ1) is 22.3. The van der Waals surface area contributed by atoms with Crippen LogP contribution in [-0.4, -0.2) is 52.2 Å². The molecule has 2 rings (SSSR count). The fourth-order valence-electron chi connectivity index (χ4n) is 2.49. The lowest BCUT2D eigenvalue weighted by molar-refractivity contribution is -0.119. The first-order valence-corrected chi connectivity index (χ1v) is 10.2. The maximum absolute atomic E-state index is 12.3. The lowest BCUT2D eigenvalue weighted by Gasteiger charge is -2.12. The predicted molar refractivity (Wildman–Crippen MR) is 108 cm³/mol. The van der Waals surface area contributed by atoms with Gasteiger partial charge < -0.3 is 20.5 Å². The Hall–Kier alpha value is -2.95. The highest BCUT2D eigenvalue weighted by Gasteiger charge is 2.17. The van der Waals surface area contributed by atoms with Gasteiger partial charge >= 0.3 is 5.97 Å². The monoisotopic (exact) mass is 421 g/mol. The number of ether oxygens (including phenoxy) is 1. The first-order chi connectivity index (χ1) is 13.8. The number of carbonyl (C=O) groups excluding carboxylic acids is 2. The van der Waals surface area contributed by atoms with Crippen LogP contribution in [0.5, 0.6) is 0 Å². The quantitative estimate of drug-likeness (QED) is 0.446. The van der Waals surface area contributed by atoms with E-state index in [4.69, 9.17) is 9.84 Å². The number of rotatable bonds is 9.